The van der Waals surface area contributed by atoms with Gasteiger partial charge in [-0.3, -0.25) is 14.6 Å². The Morgan fingerprint density at radius 2 is 1.70 bits per heavy atom. The first-order valence-electron chi connectivity index (χ1n) is 10.2. The molecule has 0 saturated carbocycles. The third kappa shape index (κ3) is 4.38. The lowest BCUT2D eigenvalue weighted by atomic mass is 9.98. The monoisotopic (exact) mass is 403 g/mol. The maximum absolute atomic E-state index is 12.4. The van der Waals surface area contributed by atoms with Crippen LogP contribution in [-0.4, -0.2) is 66.0 Å². The van der Waals surface area contributed by atoms with Gasteiger partial charge >= 0.3 is 6.03 Å². The van der Waals surface area contributed by atoms with E-state index in [1.54, 1.807) is 0 Å². The van der Waals surface area contributed by atoms with E-state index in [9.17, 15) is 9.59 Å². The van der Waals surface area contributed by atoms with Crippen LogP contribution in [0.5, 0.6) is 0 Å². The second-order valence-corrected chi connectivity index (χ2v) is 7.57. The van der Waals surface area contributed by atoms with E-state index in [0.717, 1.165) is 48.9 Å². The summed E-state index contributed by atoms with van der Waals surface area (Å²) in [6, 6.07) is 16.3. The molecule has 2 aromatic carbocycles. The maximum atomic E-state index is 12.4. The largest absolute Gasteiger partial charge is 0.379 e. The van der Waals surface area contributed by atoms with E-state index in [-0.39, 0.29) is 25.0 Å². The van der Waals surface area contributed by atoms with E-state index < -0.39 is 0 Å². The van der Waals surface area contributed by atoms with Crippen LogP contribution in [0.3, 0.4) is 0 Å². The van der Waals surface area contributed by atoms with Gasteiger partial charge in [0.15, 0.2) is 0 Å². The number of ether oxygens (including phenoxy) is 1. The number of morpholine rings is 1. The Balaban J connectivity index is 1.46. The number of hydrogen-bond acceptors (Lipinski definition) is 4. The van der Waals surface area contributed by atoms with Crippen LogP contribution in [0.4, 0.5) is 4.79 Å². The molecular weight excluding hydrogens is 378 g/mol. The Morgan fingerprint density at radius 3 is 2.43 bits per heavy atom. The lowest BCUT2D eigenvalue weighted by molar-refractivity contribution is -0.124. The van der Waals surface area contributed by atoms with E-state index >= 15 is 0 Å². The first-order valence-corrected chi connectivity index (χ1v) is 10.2. The summed E-state index contributed by atoms with van der Waals surface area (Å²) in [6.45, 7) is 4.86. The van der Waals surface area contributed by atoms with Crippen molar-refractivity contribution in [2.75, 3.05) is 39.4 Å². The molecule has 2 fully saturated rings. The summed E-state index contributed by atoms with van der Waals surface area (Å²) in [7, 11) is 0. The average molecular weight is 403 g/mol. The number of rotatable bonds is 6. The number of carbonyl (C=O) groups excluding carboxylic acids is 2. The molecule has 0 spiro atoms. The van der Waals surface area contributed by atoms with Crippen LogP contribution in [0, 0.1) is 12.3 Å². The first kappa shape index (κ1) is 20.1. The Kier molecular flexibility index (Phi) is 6.12. The highest BCUT2D eigenvalue weighted by molar-refractivity contribution is 6.02. The van der Waals surface area contributed by atoms with Gasteiger partial charge < -0.3 is 9.64 Å². The lowest BCUT2D eigenvalue weighted by Gasteiger charge is -2.27. The minimum absolute atomic E-state index is 0.0209. The van der Waals surface area contributed by atoms with Crippen molar-refractivity contribution >= 4 is 11.9 Å². The fraction of sp³-hybridized carbons (Fsp3) is 0.333. The van der Waals surface area contributed by atoms with Gasteiger partial charge in [0.2, 0.25) is 0 Å². The summed E-state index contributed by atoms with van der Waals surface area (Å²) >= 11 is 0. The maximum Gasteiger partial charge on any atom is 0.328 e. The van der Waals surface area contributed by atoms with Gasteiger partial charge in [0.05, 0.1) is 19.8 Å². The molecule has 0 N–H and O–H groups in total. The SMILES string of the molecule is C#CCN1C(=O)CN(Cc2ccc(-c3ccccc3CN3CCOCC3)cc2)C1=O. The Labute approximate surface area is 177 Å². The molecule has 0 atom stereocenters. The molecule has 2 aliphatic heterocycles. The zero-order valence-electron chi connectivity index (χ0n) is 16.9. The molecule has 4 rings (SSSR count). The number of imide groups is 1. The molecule has 0 aliphatic carbocycles. The van der Waals surface area contributed by atoms with Crippen molar-refractivity contribution in [1.82, 2.24) is 14.7 Å². The Bertz CT molecular complexity index is 958. The standard InChI is InChI=1S/C24H25N3O3/c1-2-11-27-23(28)18-26(24(27)29)16-19-7-9-20(10-8-19)22-6-4-3-5-21(22)17-25-12-14-30-15-13-25/h1,3-10H,11-18H2. The summed E-state index contributed by atoms with van der Waals surface area (Å²) in [4.78, 5) is 29.4. The zero-order chi connectivity index (χ0) is 20.9. The van der Waals surface area contributed by atoms with E-state index in [4.69, 9.17) is 11.2 Å². The molecule has 2 heterocycles. The van der Waals surface area contributed by atoms with Crippen LogP contribution in [-0.2, 0) is 22.6 Å². The van der Waals surface area contributed by atoms with Gasteiger partial charge in [0.1, 0.15) is 6.54 Å². The predicted molar refractivity (Wildman–Crippen MR) is 114 cm³/mol. The van der Waals surface area contributed by atoms with Crippen LogP contribution < -0.4 is 0 Å². The fourth-order valence-corrected chi connectivity index (χ4v) is 3.91. The van der Waals surface area contributed by atoms with Crippen molar-refractivity contribution < 1.29 is 14.3 Å². The van der Waals surface area contributed by atoms with Crippen molar-refractivity contribution in [2.24, 2.45) is 0 Å². The topological polar surface area (TPSA) is 53.1 Å². The molecule has 6 nitrogen and oxygen atoms in total. The van der Waals surface area contributed by atoms with Gasteiger partial charge in [-0.05, 0) is 22.3 Å². The van der Waals surface area contributed by atoms with Gasteiger partial charge in [-0.25, -0.2) is 4.79 Å². The highest BCUT2D eigenvalue weighted by Crippen LogP contribution is 2.26. The van der Waals surface area contributed by atoms with Crippen molar-refractivity contribution in [2.45, 2.75) is 13.1 Å². The molecule has 2 saturated heterocycles. The average Bonchev–Trinajstić information content (AvgIpc) is 3.03. The summed E-state index contributed by atoms with van der Waals surface area (Å²) in [5, 5.41) is 0. The Morgan fingerprint density at radius 1 is 0.967 bits per heavy atom. The molecule has 2 aliphatic rings. The summed E-state index contributed by atoms with van der Waals surface area (Å²) < 4.78 is 5.45. The molecule has 3 amide bonds. The number of hydrogen-bond donors (Lipinski definition) is 0. The van der Waals surface area contributed by atoms with Crippen LogP contribution in [0.1, 0.15) is 11.1 Å². The summed E-state index contributed by atoms with van der Waals surface area (Å²) in [5.74, 6) is 2.12. The minimum Gasteiger partial charge on any atom is -0.379 e. The summed E-state index contributed by atoms with van der Waals surface area (Å²) in [5.41, 5.74) is 4.62. The minimum atomic E-state index is -0.321. The lowest BCUT2D eigenvalue weighted by Crippen LogP contribution is -2.35. The van der Waals surface area contributed by atoms with E-state index in [2.05, 4.69) is 47.2 Å². The molecule has 0 bridgehead atoms. The fourth-order valence-electron chi connectivity index (χ4n) is 3.91. The second-order valence-electron chi connectivity index (χ2n) is 7.57. The summed E-state index contributed by atoms with van der Waals surface area (Å²) in [6.07, 6.45) is 5.25. The van der Waals surface area contributed by atoms with Crippen LogP contribution in [0.2, 0.25) is 0 Å². The third-order valence-corrected chi connectivity index (χ3v) is 5.53. The smallest absolute Gasteiger partial charge is 0.328 e. The number of carbonyl (C=O) groups is 2. The number of terminal acetylenes is 1. The normalized spacial score (nSPS) is 17.4. The molecule has 30 heavy (non-hydrogen) atoms. The second kappa shape index (κ2) is 9.12. The van der Waals surface area contributed by atoms with Gasteiger partial charge in [0, 0.05) is 26.2 Å². The molecule has 0 unspecified atom stereocenters. The number of nitrogens with zero attached hydrogens (tertiary/aromatic N) is 3. The molecule has 0 radical (unpaired) electrons. The van der Waals surface area contributed by atoms with E-state index in [1.165, 1.54) is 16.0 Å². The first-order chi connectivity index (χ1) is 14.7. The van der Waals surface area contributed by atoms with Gasteiger partial charge in [0.25, 0.3) is 5.91 Å². The van der Waals surface area contributed by atoms with Gasteiger partial charge in [-0.1, -0.05) is 54.5 Å². The van der Waals surface area contributed by atoms with Crippen LogP contribution in [0.25, 0.3) is 11.1 Å². The quantitative estimate of drug-likeness (QED) is 0.550. The van der Waals surface area contributed by atoms with Crippen LogP contribution in [0.15, 0.2) is 48.5 Å². The van der Waals surface area contributed by atoms with Gasteiger partial charge in [-0.15, -0.1) is 6.42 Å². The highest BCUT2D eigenvalue weighted by atomic mass is 16.5. The van der Waals surface area contributed by atoms with E-state index in [0.29, 0.717) is 6.54 Å². The molecule has 6 heteroatoms. The molecule has 2 aromatic rings. The van der Waals surface area contributed by atoms with Crippen molar-refractivity contribution in [3.05, 3.63) is 59.7 Å². The Hall–Kier alpha value is -3.14. The van der Waals surface area contributed by atoms with Gasteiger partial charge in [-0.2, -0.15) is 0 Å². The highest BCUT2D eigenvalue weighted by Gasteiger charge is 2.35. The number of urea groups is 1. The van der Waals surface area contributed by atoms with Crippen molar-refractivity contribution in [3.63, 3.8) is 0 Å². The molecular formula is C24H25N3O3. The number of benzene rings is 2. The zero-order valence-corrected chi connectivity index (χ0v) is 16.9. The van der Waals surface area contributed by atoms with Crippen molar-refractivity contribution in [3.8, 4) is 23.5 Å². The van der Waals surface area contributed by atoms with E-state index in [1.807, 2.05) is 12.1 Å². The molecule has 0 aromatic heterocycles. The molecule has 154 valence electrons. The number of amides is 3. The van der Waals surface area contributed by atoms with Crippen LogP contribution >= 0.6 is 0 Å². The predicted octanol–water partition coefficient (Wildman–Crippen LogP) is 2.58. The third-order valence-electron chi connectivity index (χ3n) is 5.53. The van der Waals surface area contributed by atoms with Crippen molar-refractivity contribution in [1.29, 1.82) is 0 Å².